The Kier molecular flexibility index (Phi) is 3.25. The maximum Gasteiger partial charge on any atom is 0.216 e. The molecule has 0 amide bonds. The van der Waals surface area contributed by atoms with Gasteiger partial charge < -0.3 is 9.84 Å². The SMILES string of the molecule is CC(C)[C@H]1COC(c2ccc(CO)cc2)=N1. The molecule has 2 rings (SSSR count). The number of hydrogen-bond acceptors (Lipinski definition) is 3. The first-order valence-corrected chi connectivity index (χ1v) is 5.61. The molecule has 0 radical (unpaired) electrons. The summed E-state index contributed by atoms with van der Waals surface area (Å²) >= 11 is 0. The van der Waals surface area contributed by atoms with E-state index < -0.39 is 0 Å². The Balaban J connectivity index is 2.16. The minimum absolute atomic E-state index is 0.0717. The maximum absolute atomic E-state index is 8.95. The standard InChI is InChI=1S/C13H17NO2/c1-9(2)12-8-16-13(14-12)11-5-3-10(7-15)4-6-11/h3-6,9,12,15H,7-8H2,1-2H3/t12-/m1/s1. The zero-order chi connectivity index (χ0) is 11.5. The molecule has 0 aromatic heterocycles. The van der Waals surface area contributed by atoms with E-state index in [9.17, 15) is 0 Å². The fraction of sp³-hybridized carbons (Fsp3) is 0.462. The molecule has 86 valence electrons. The third-order valence-electron chi connectivity index (χ3n) is 2.83. The highest BCUT2D eigenvalue weighted by atomic mass is 16.5. The van der Waals surface area contributed by atoms with Crippen molar-refractivity contribution < 1.29 is 9.84 Å². The van der Waals surface area contributed by atoms with E-state index in [0.717, 1.165) is 17.0 Å². The smallest absolute Gasteiger partial charge is 0.216 e. The Morgan fingerprint density at radius 2 is 2.06 bits per heavy atom. The van der Waals surface area contributed by atoms with E-state index in [1.165, 1.54) is 0 Å². The Morgan fingerprint density at radius 3 is 2.56 bits per heavy atom. The number of rotatable bonds is 3. The van der Waals surface area contributed by atoms with Crippen LogP contribution in [-0.2, 0) is 11.3 Å². The van der Waals surface area contributed by atoms with Crippen molar-refractivity contribution in [2.45, 2.75) is 26.5 Å². The molecular weight excluding hydrogens is 202 g/mol. The summed E-state index contributed by atoms with van der Waals surface area (Å²) in [6, 6.07) is 7.93. The van der Waals surface area contributed by atoms with Crippen molar-refractivity contribution in [2.24, 2.45) is 10.9 Å². The molecule has 1 aromatic rings. The van der Waals surface area contributed by atoms with Crippen molar-refractivity contribution >= 4 is 5.90 Å². The van der Waals surface area contributed by atoms with Crippen LogP contribution in [0.1, 0.15) is 25.0 Å². The summed E-state index contributed by atoms with van der Waals surface area (Å²) in [5.74, 6) is 1.23. The molecule has 3 heteroatoms. The maximum atomic E-state index is 8.95. The third kappa shape index (κ3) is 2.25. The summed E-state index contributed by atoms with van der Waals surface area (Å²) in [7, 11) is 0. The topological polar surface area (TPSA) is 41.8 Å². The lowest BCUT2D eigenvalue weighted by Crippen LogP contribution is -2.13. The molecule has 0 fully saturated rings. The van der Waals surface area contributed by atoms with Crippen LogP contribution >= 0.6 is 0 Å². The van der Waals surface area contributed by atoms with Crippen molar-refractivity contribution in [1.82, 2.24) is 0 Å². The van der Waals surface area contributed by atoms with Gasteiger partial charge in [0.15, 0.2) is 0 Å². The predicted molar refractivity (Wildman–Crippen MR) is 63.5 cm³/mol. The van der Waals surface area contributed by atoms with Gasteiger partial charge >= 0.3 is 0 Å². The highest BCUT2D eigenvalue weighted by molar-refractivity contribution is 5.95. The first-order valence-electron chi connectivity index (χ1n) is 5.61. The monoisotopic (exact) mass is 219 g/mol. The molecule has 1 atom stereocenters. The fourth-order valence-electron chi connectivity index (χ4n) is 1.64. The number of aliphatic imine (C=N–C) groups is 1. The molecule has 1 aromatic carbocycles. The molecule has 1 N–H and O–H groups in total. The first kappa shape index (κ1) is 11.1. The Bertz CT molecular complexity index is 381. The van der Waals surface area contributed by atoms with E-state index in [2.05, 4.69) is 18.8 Å². The lowest BCUT2D eigenvalue weighted by atomic mass is 10.1. The van der Waals surface area contributed by atoms with E-state index >= 15 is 0 Å². The molecule has 1 heterocycles. The van der Waals surface area contributed by atoms with E-state index in [1.54, 1.807) is 0 Å². The normalized spacial score (nSPS) is 19.8. The van der Waals surface area contributed by atoms with Crippen molar-refractivity contribution in [3.63, 3.8) is 0 Å². The van der Waals surface area contributed by atoms with Gasteiger partial charge in [-0.1, -0.05) is 26.0 Å². The van der Waals surface area contributed by atoms with Crippen molar-refractivity contribution in [3.8, 4) is 0 Å². The minimum Gasteiger partial charge on any atom is -0.475 e. The molecule has 0 saturated heterocycles. The van der Waals surface area contributed by atoms with Crippen LogP contribution in [0.25, 0.3) is 0 Å². The molecule has 16 heavy (non-hydrogen) atoms. The van der Waals surface area contributed by atoms with Gasteiger partial charge in [-0.2, -0.15) is 0 Å². The molecular formula is C13H17NO2. The van der Waals surface area contributed by atoms with Crippen LogP contribution in [0.5, 0.6) is 0 Å². The predicted octanol–water partition coefficient (Wildman–Crippen LogP) is 1.98. The number of benzene rings is 1. The third-order valence-corrected chi connectivity index (χ3v) is 2.83. The van der Waals surface area contributed by atoms with Crippen molar-refractivity contribution in [2.75, 3.05) is 6.61 Å². The zero-order valence-electron chi connectivity index (χ0n) is 9.68. The molecule has 0 unspecified atom stereocenters. The van der Waals surface area contributed by atoms with Gasteiger partial charge in [0, 0.05) is 5.56 Å². The van der Waals surface area contributed by atoms with E-state index in [1.807, 2.05) is 24.3 Å². The van der Waals surface area contributed by atoms with E-state index in [4.69, 9.17) is 9.84 Å². The molecule has 3 nitrogen and oxygen atoms in total. The highest BCUT2D eigenvalue weighted by Gasteiger charge is 2.22. The fourth-order valence-corrected chi connectivity index (χ4v) is 1.64. The van der Waals surface area contributed by atoms with Crippen LogP contribution in [0, 0.1) is 5.92 Å². The second-order valence-corrected chi connectivity index (χ2v) is 4.41. The second-order valence-electron chi connectivity index (χ2n) is 4.41. The van der Waals surface area contributed by atoms with Crippen LogP contribution in [0.4, 0.5) is 0 Å². The number of ether oxygens (including phenoxy) is 1. The van der Waals surface area contributed by atoms with E-state index in [0.29, 0.717) is 12.5 Å². The summed E-state index contributed by atoms with van der Waals surface area (Å²) in [4.78, 5) is 4.55. The zero-order valence-corrected chi connectivity index (χ0v) is 9.68. The summed E-state index contributed by atoms with van der Waals surface area (Å²) in [5, 5.41) is 8.95. The van der Waals surface area contributed by atoms with Gasteiger partial charge in [-0.15, -0.1) is 0 Å². The molecule has 0 bridgehead atoms. The van der Waals surface area contributed by atoms with Gasteiger partial charge in [-0.3, -0.25) is 0 Å². The van der Waals surface area contributed by atoms with Gasteiger partial charge in [-0.05, 0) is 23.6 Å². The average molecular weight is 219 g/mol. The van der Waals surface area contributed by atoms with Gasteiger partial charge in [-0.25, -0.2) is 4.99 Å². The molecule has 1 aliphatic rings. The summed E-state index contributed by atoms with van der Waals surface area (Å²) in [5.41, 5.74) is 1.89. The van der Waals surface area contributed by atoms with Crippen LogP contribution in [0.15, 0.2) is 29.3 Å². The Labute approximate surface area is 95.8 Å². The number of aliphatic hydroxyl groups is 1. The van der Waals surface area contributed by atoms with Crippen molar-refractivity contribution in [3.05, 3.63) is 35.4 Å². The van der Waals surface area contributed by atoms with Crippen LogP contribution in [0.3, 0.4) is 0 Å². The molecule has 0 saturated carbocycles. The number of hydrogen-bond donors (Lipinski definition) is 1. The average Bonchev–Trinajstić information content (AvgIpc) is 2.78. The summed E-state index contributed by atoms with van der Waals surface area (Å²) < 4.78 is 5.57. The van der Waals surface area contributed by atoms with Gasteiger partial charge in [0.2, 0.25) is 5.90 Å². The largest absolute Gasteiger partial charge is 0.475 e. The van der Waals surface area contributed by atoms with Gasteiger partial charge in [0.05, 0.1) is 12.6 Å². The molecule has 1 aliphatic heterocycles. The molecule has 0 spiro atoms. The minimum atomic E-state index is 0.0717. The van der Waals surface area contributed by atoms with Crippen LogP contribution < -0.4 is 0 Å². The Hall–Kier alpha value is -1.35. The highest BCUT2D eigenvalue weighted by Crippen LogP contribution is 2.17. The first-order chi connectivity index (χ1) is 7.70. The lowest BCUT2D eigenvalue weighted by molar-refractivity contribution is 0.281. The van der Waals surface area contributed by atoms with E-state index in [-0.39, 0.29) is 12.6 Å². The van der Waals surface area contributed by atoms with Gasteiger partial charge in [0.25, 0.3) is 0 Å². The molecule has 0 aliphatic carbocycles. The number of aliphatic hydroxyl groups excluding tert-OH is 1. The van der Waals surface area contributed by atoms with Crippen LogP contribution in [-0.4, -0.2) is 23.7 Å². The number of nitrogens with zero attached hydrogens (tertiary/aromatic N) is 1. The second kappa shape index (κ2) is 4.66. The summed E-state index contributed by atoms with van der Waals surface area (Å²) in [6.07, 6.45) is 0. The van der Waals surface area contributed by atoms with Crippen LogP contribution in [0.2, 0.25) is 0 Å². The Morgan fingerprint density at radius 1 is 1.38 bits per heavy atom. The van der Waals surface area contributed by atoms with Gasteiger partial charge in [0.1, 0.15) is 6.61 Å². The quantitative estimate of drug-likeness (QED) is 0.844. The van der Waals surface area contributed by atoms with Crippen molar-refractivity contribution in [1.29, 1.82) is 0 Å². The summed E-state index contributed by atoms with van der Waals surface area (Å²) in [6.45, 7) is 5.04. The lowest BCUT2D eigenvalue weighted by Gasteiger charge is -2.06.